The molecule has 0 radical (unpaired) electrons. The first-order valence-corrected chi connectivity index (χ1v) is 40.7. The molecule has 0 aromatic rings. The van der Waals surface area contributed by atoms with Crippen LogP contribution in [0.1, 0.15) is 444 Å². The maximum Gasteiger partial charge on any atom is 0.306 e. The molecule has 0 aromatic heterocycles. The van der Waals surface area contributed by atoms with Crippen molar-refractivity contribution in [3.05, 3.63) is 0 Å². The Labute approximate surface area is 562 Å². The van der Waals surface area contributed by atoms with Gasteiger partial charge in [-0.25, -0.2) is 0 Å². The fourth-order valence-corrected chi connectivity index (χ4v) is 12.9. The third-order valence-electron chi connectivity index (χ3n) is 19.1. The Morgan fingerprint density at radius 3 is 0.711 bits per heavy atom. The number of unbranched alkanes of at least 4 members (excludes halogenated alkanes) is 63. The molecular formula is C81H159NO8. The van der Waals surface area contributed by atoms with Gasteiger partial charge in [-0.2, -0.15) is 0 Å². The topological polar surface area (TPSA) is 111 Å². The number of nitrogens with zero attached hydrogens (tertiary/aromatic N) is 1. The van der Waals surface area contributed by atoms with Crippen molar-refractivity contribution in [2.75, 3.05) is 47.5 Å². The number of rotatable bonds is 78. The molecule has 0 aromatic carbocycles. The van der Waals surface area contributed by atoms with E-state index < -0.39 is 24.3 Å². The van der Waals surface area contributed by atoms with Crippen molar-refractivity contribution >= 4 is 17.9 Å². The third kappa shape index (κ3) is 73.7. The van der Waals surface area contributed by atoms with Gasteiger partial charge in [-0.15, -0.1) is 0 Å². The van der Waals surface area contributed by atoms with Crippen LogP contribution in [0, 0.1) is 0 Å². The van der Waals surface area contributed by atoms with Crippen LogP contribution >= 0.6 is 0 Å². The summed E-state index contributed by atoms with van der Waals surface area (Å²) in [6.45, 7) is 4.86. The summed E-state index contributed by atoms with van der Waals surface area (Å²) in [6, 6.07) is 0. The van der Waals surface area contributed by atoms with E-state index in [0.29, 0.717) is 17.4 Å². The Balaban J connectivity index is 3.94. The van der Waals surface area contributed by atoms with E-state index in [1.165, 1.54) is 379 Å². The first-order valence-electron chi connectivity index (χ1n) is 40.7. The zero-order valence-corrected chi connectivity index (χ0v) is 61.6. The van der Waals surface area contributed by atoms with E-state index in [4.69, 9.17) is 18.9 Å². The lowest BCUT2D eigenvalue weighted by molar-refractivity contribution is -0.870. The highest BCUT2D eigenvalue weighted by molar-refractivity contribution is 5.70. The van der Waals surface area contributed by atoms with E-state index >= 15 is 0 Å². The minimum absolute atomic E-state index is 0.154. The normalized spacial score (nSPS) is 12.5. The van der Waals surface area contributed by atoms with Crippen molar-refractivity contribution in [2.24, 2.45) is 0 Å². The molecule has 0 aliphatic carbocycles. The average Bonchev–Trinajstić information content (AvgIpc) is 3.73. The summed E-state index contributed by atoms with van der Waals surface area (Å²) in [5.41, 5.74) is 0. The molecule has 2 atom stereocenters. The second-order valence-corrected chi connectivity index (χ2v) is 29.4. The maximum absolute atomic E-state index is 13.0. The van der Waals surface area contributed by atoms with E-state index in [-0.39, 0.29) is 32.2 Å². The Hall–Kier alpha value is -1.71. The summed E-state index contributed by atoms with van der Waals surface area (Å²) >= 11 is 0. The number of hydrogen-bond acceptors (Lipinski definition) is 8. The highest BCUT2D eigenvalue weighted by Gasteiger charge is 2.22. The summed E-state index contributed by atoms with van der Waals surface area (Å²) in [6.07, 6.45) is 86.7. The fraction of sp³-hybridized carbons (Fsp3) is 0.963. The first-order chi connectivity index (χ1) is 44.1. The lowest BCUT2D eigenvalue weighted by atomic mass is 10.0. The summed E-state index contributed by atoms with van der Waals surface area (Å²) in [4.78, 5) is 37.6. The standard InChI is InChI=1S/C81H159NO8/c1-6-8-10-12-14-16-18-20-22-24-26-28-30-32-34-36-38-39-40-41-42-44-46-48-50-52-54-56-58-60-62-64-66-68-70-72-79(84)90-77(76-89-81(80(85)86)87-74-73-82(3,4)5)75-88-78(83)71-69-67-65-63-61-59-57-55-53-51-49-47-45-43-37-35-33-31-29-27-25-23-21-19-17-15-13-11-9-7-2/h77,81H,6-76H2,1-5H3. The van der Waals surface area contributed by atoms with Gasteiger partial charge in [-0.05, 0) is 12.8 Å². The van der Waals surface area contributed by atoms with Crippen molar-refractivity contribution in [1.29, 1.82) is 0 Å². The fourth-order valence-electron chi connectivity index (χ4n) is 12.9. The molecule has 9 heteroatoms. The number of carbonyl (C=O) groups excluding carboxylic acids is 3. The maximum atomic E-state index is 13.0. The van der Waals surface area contributed by atoms with Crippen LogP contribution in [0.5, 0.6) is 0 Å². The van der Waals surface area contributed by atoms with E-state index in [1.54, 1.807) is 0 Å². The Morgan fingerprint density at radius 1 is 0.289 bits per heavy atom. The predicted molar refractivity (Wildman–Crippen MR) is 385 cm³/mol. The molecule has 0 heterocycles. The first kappa shape index (κ1) is 88.3. The Bertz CT molecular complexity index is 1440. The molecule has 0 N–H and O–H groups in total. The molecule has 0 saturated heterocycles. The Morgan fingerprint density at radius 2 is 0.500 bits per heavy atom. The monoisotopic (exact) mass is 1270 g/mol. The number of hydrogen-bond donors (Lipinski definition) is 0. The second-order valence-electron chi connectivity index (χ2n) is 29.4. The largest absolute Gasteiger partial charge is 0.545 e. The average molecular weight is 1280 g/mol. The molecule has 9 nitrogen and oxygen atoms in total. The van der Waals surface area contributed by atoms with Gasteiger partial charge in [-0.3, -0.25) is 9.59 Å². The predicted octanol–water partition coefficient (Wildman–Crippen LogP) is 24.4. The molecule has 0 spiro atoms. The van der Waals surface area contributed by atoms with Gasteiger partial charge in [0.1, 0.15) is 13.2 Å². The van der Waals surface area contributed by atoms with Gasteiger partial charge in [0.2, 0.25) is 0 Å². The number of quaternary nitrogens is 1. The SMILES string of the molecule is CCCCCCCCCCCCCCCCCCCCCCCCCCCCCCCCCCCCCC(=O)OC(COC(=O)CCCCCCCCCCCCCCCCCCCCCCCCCCCCCCCC)COC(OCC[N+](C)(C)C)C(=O)[O-]. The summed E-state index contributed by atoms with van der Waals surface area (Å²) in [7, 11) is 5.96. The van der Waals surface area contributed by atoms with Crippen LogP contribution in [0.15, 0.2) is 0 Å². The van der Waals surface area contributed by atoms with E-state index in [0.717, 1.165) is 38.5 Å². The van der Waals surface area contributed by atoms with Crippen LogP contribution in [0.3, 0.4) is 0 Å². The van der Waals surface area contributed by atoms with Gasteiger partial charge in [0.05, 0.1) is 40.3 Å². The third-order valence-corrected chi connectivity index (χ3v) is 19.1. The lowest BCUT2D eigenvalue weighted by Crippen LogP contribution is -2.44. The molecule has 0 amide bonds. The van der Waals surface area contributed by atoms with E-state index in [2.05, 4.69) is 13.8 Å². The molecule has 0 aliphatic rings. The molecule has 0 saturated carbocycles. The van der Waals surface area contributed by atoms with Gasteiger partial charge in [0.15, 0.2) is 12.4 Å². The highest BCUT2D eigenvalue weighted by Crippen LogP contribution is 2.21. The number of carboxylic acids is 1. The van der Waals surface area contributed by atoms with Crippen molar-refractivity contribution in [2.45, 2.75) is 456 Å². The van der Waals surface area contributed by atoms with Gasteiger partial charge in [0, 0.05) is 12.8 Å². The quantitative estimate of drug-likeness (QED) is 0.0256. The van der Waals surface area contributed by atoms with Crippen LogP contribution in [0.25, 0.3) is 0 Å². The van der Waals surface area contributed by atoms with Crippen molar-refractivity contribution in [1.82, 2.24) is 0 Å². The van der Waals surface area contributed by atoms with Crippen molar-refractivity contribution in [3.63, 3.8) is 0 Å². The molecule has 0 rings (SSSR count). The van der Waals surface area contributed by atoms with Crippen LogP contribution in [0.2, 0.25) is 0 Å². The summed E-state index contributed by atoms with van der Waals surface area (Å²) in [5, 5.41) is 11.9. The molecular weight excluding hydrogens is 1110 g/mol. The van der Waals surface area contributed by atoms with Crippen molar-refractivity contribution < 1.29 is 42.9 Å². The smallest absolute Gasteiger partial charge is 0.306 e. The lowest BCUT2D eigenvalue weighted by Gasteiger charge is -2.26. The summed E-state index contributed by atoms with van der Waals surface area (Å²) in [5.74, 6) is -2.24. The minimum atomic E-state index is -1.62. The van der Waals surface area contributed by atoms with E-state index in [9.17, 15) is 19.5 Å². The van der Waals surface area contributed by atoms with Gasteiger partial charge in [-0.1, -0.05) is 418 Å². The van der Waals surface area contributed by atoms with Crippen molar-refractivity contribution in [3.8, 4) is 0 Å². The van der Waals surface area contributed by atoms with E-state index in [1.807, 2.05) is 21.1 Å². The molecule has 0 fully saturated rings. The van der Waals surface area contributed by atoms with Crippen LogP contribution in [-0.4, -0.2) is 82.3 Å². The minimum Gasteiger partial charge on any atom is -0.545 e. The number of ether oxygens (including phenoxy) is 4. The highest BCUT2D eigenvalue weighted by atomic mass is 16.7. The van der Waals surface area contributed by atoms with Gasteiger partial charge >= 0.3 is 11.9 Å². The molecule has 90 heavy (non-hydrogen) atoms. The van der Waals surface area contributed by atoms with Gasteiger partial charge in [0.25, 0.3) is 0 Å². The zero-order valence-electron chi connectivity index (χ0n) is 61.6. The molecule has 536 valence electrons. The molecule has 2 unspecified atom stereocenters. The van der Waals surface area contributed by atoms with Gasteiger partial charge < -0.3 is 33.3 Å². The Kier molecular flexibility index (Phi) is 71.7. The number of carboxylic acid groups (broad SMARTS) is 1. The molecule has 0 aliphatic heterocycles. The second kappa shape index (κ2) is 73.1. The zero-order chi connectivity index (χ0) is 65.4. The van der Waals surface area contributed by atoms with Crippen LogP contribution in [-0.2, 0) is 33.3 Å². The molecule has 0 bridgehead atoms. The van der Waals surface area contributed by atoms with Crippen LogP contribution < -0.4 is 5.11 Å². The summed E-state index contributed by atoms with van der Waals surface area (Å²) < 4.78 is 22.9. The number of esters is 2. The number of carbonyl (C=O) groups is 3. The van der Waals surface area contributed by atoms with Crippen LogP contribution in [0.4, 0.5) is 0 Å². The number of aliphatic carboxylic acids is 1. The number of likely N-dealkylation sites (N-methyl/N-ethyl adjacent to an activating group) is 1.